The number of morpholine rings is 1. The summed E-state index contributed by atoms with van der Waals surface area (Å²) < 4.78 is 22.0. The van der Waals surface area contributed by atoms with Gasteiger partial charge in [0.2, 0.25) is 5.76 Å². The van der Waals surface area contributed by atoms with Crippen molar-refractivity contribution in [2.24, 2.45) is 0 Å². The predicted molar refractivity (Wildman–Crippen MR) is 122 cm³/mol. The summed E-state index contributed by atoms with van der Waals surface area (Å²) in [6.45, 7) is 6.78. The van der Waals surface area contributed by atoms with Gasteiger partial charge in [-0.1, -0.05) is 6.92 Å². The molecule has 1 saturated heterocycles. The molecule has 0 unspecified atom stereocenters. The third kappa shape index (κ3) is 4.88. The molecular formula is C23H26N4O7. The van der Waals surface area contributed by atoms with Crippen LogP contribution in [0.25, 0.3) is 11.1 Å². The maximum atomic E-state index is 12.9. The van der Waals surface area contributed by atoms with Crippen LogP contribution in [-0.4, -0.2) is 67.3 Å². The predicted octanol–water partition coefficient (Wildman–Crippen LogP) is 3.29. The summed E-state index contributed by atoms with van der Waals surface area (Å²) in [6, 6.07) is 8.47. The molecule has 0 saturated carbocycles. The molecule has 34 heavy (non-hydrogen) atoms. The number of rotatable bonds is 7. The Labute approximate surface area is 195 Å². The van der Waals surface area contributed by atoms with E-state index in [0.29, 0.717) is 25.2 Å². The van der Waals surface area contributed by atoms with Crippen molar-refractivity contribution in [3.05, 3.63) is 41.7 Å². The summed E-state index contributed by atoms with van der Waals surface area (Å²) >= 11 is 0. The SMILES string of the molecule is CCCOC(=O)c1cc2c(o1)c(NC(=O)c1ccc(N3CCOCC3)cc1)nn2C(=O)OCC. The number of amides is 1. The highest BCUT2D eigenvalue weighted by molar-refractivity contribution is 6.08. The second kappa shape index (κ2) is 10.4. The minimum Gasteiger partial charge on any atom is -0.460 e. The lowest BCUT2D eigenvalue weighted by Gasteiger charge is -2.28. The molecule has 3 aromatic rings. The van der Waals surface area contributed by atoms with E-state index in [1.54, 1.807) is 19.1 Å². The summed E-state index contributed by atoms with van der Waals surface area (Å²) in [4.78, 5) is 39.7. The van der Waals surface area contributed by atoms with Crippen molar-refractivity contribution in [3.8, 4) is 0 Å². The Morgan fingerprint density at radius 2 is 1.82 bits per heavy atom. The normalized spacial score (nSPS) is 13.6. The highest BCUT2D eigenvalue weighted by Crippen LogP contribution is 2.28. The van der Waals surface area contributed by atoms with Crippen molar-refractivity contribution in [1.29, 1.82) is 0 Å². The Morgan fingerprint density at radius 3 is 2.50 bits per heavy atom. The van der Waals surface area contributed by atoms with E-state index < -0.39 is 18.0 Å². The average Bonchev–Trinajstić information content (AvgIpc) is 3.44. The van der Waals surface area contributed by atoms with Crippen molar-refractivity contribution in [2.45, 2.75) is 20.3 Å². The van der Waals surface area contributed by atoms with Crippen molar-refractivity contribution in [1.82, 2.24) is 9.78 Å². The molecule has 180 valence electrons. The first-order valence-corrected chi connectivity index (χ1v) is 11.1. The molecule has 0 radical (unpaired) electrons. The van der Waals surface area contributed by atoms with Crippen LogP contribution in [0.1, 0.15) is 41.2 Å². The summed E-state index contributed by atoms with van der Waals surface area (Å²) in [5.41, 5.74) is 1.63. The number of anilines is 2. The van der Waals surface area contributed by atoms with Crippen LogP contribution in [0.4, 0.5) is 16.3 Å². The minimum absolute atomic E-state index is 0.0140. The summed E-state index contributed by atoms with van der Waals surface area (Å²) in [5, 5.41) is 6.78. The van der Waals surface area contributed by atoms with Crippen molar-refractivity contribution in [3.63, 3.8) is 0 Å². The summed E-state index contributed by atoms with van der Waals surface area (Å²) in [6.07, 6.45) is -0.120. The average molecular weight is 470 g/mol. The van der Waals surface area contributed by atoms with Crippen molar-refractivity contribution < 1.29 is 33.0 Å². The maximum absolute atomic E-state index is 12.9. The largest absolute Gasteiger partial charge is 0.460 e. The smallest absolute Gasteiger partial charge is 0.435 e. The lowest BCUT2D eigenvalue weighted by molar-refractivity contribution is 0.0471. The molecule has 0 bridgehead atoms. The molecule has 0 aliphatic carbocycles. The van der Waals surface area contributed by atoms with Gasteiger partial charge in [-0.15, -0.1) is 5.10 Å². The molecule has 11 nitrogen and oxygen atoms in total. The first kappa shape index (κ1) is 23.3. The Bertz CT molecular complexity index is 1180. The number of fused-ring (bicyclic) bond motifs is 1. The zero-order valence-corrected chi connectivity index (χ0v) is 19.0. The second-order valence-electron chi connectivity index (χ2n) is 7.52. The van der Waals surface area contributed by atoms with Gasteiger partial charge in [0.25, 0.3) is 5.91 Å². The van der Waals surface area contributed by atoms with Gasteiger partial charge in [0.1, 0.15) is 5.52 Å². The quantitative estimate of drug-likeness (QED) is 0.518. The zero-order chi connectivity index (χ0) is 24.1. The molecule has 11 heteroatoms. The van der Waals surface area contributed by atoms with Gasteiger partial charge in [-0.2, -0.15) is 4.68 Å². The minimum atomic E-state index is -0.767. The van der Waals surface area contributed by atoms with Crippen LogP contribution in [-0.2, 0) is 14.2 Å². The van der Waals surface area contributed by atoms with Gasteiger partial charge in [-0.05, 0) is 37.6 Å². The highest BCUT2D eigenvalue weighted by Gasteiger charge is 2.25. The highest BCUT2D eigenvalue weighted by atomic mass is 16.6. The Balaban J connectivity index is 1.58. The lowest BCUT2D eigenvalue weighted by Crippen LogP contribution is -2.36. The first-order chi connectivity index (χ1) is 16.5. The first-order valence-electron chi connectivity index (χ1n) is 11.1. The van der Waals surface area contributed by atoms with Crippen LogP contribution < -0.4 is 10.2 Å². The Kier molecular flexibility index (Phi) is 7.12. The van der Waals surface area contributed by atoms with Gasteiger partial charge >= 0.3 is 12.1 Å². The van der Waals surface area contributed by atoms with Gasteiger partial charge in [0.05, 0.1) is 26.4 Å². The van der Waals surface area contributed by atoms with E-state index in [4.69, 9.17) is 18.6 Å². The van der Waals surface area contributed by atoms with E-state index in [-0.39, 0.29) is 35.9 Å². The molecule has 0 atom stereocenters. The summed E-state index contributed by atoms with van der Waals surface area (Å²) in [5.74, 6) is -1.25. The third-order valence-electron chi connectivity index (χ3n) is 5.17. The molecule has 4 rings (SSSR count). The Morgan fingerprint density at radius 1 is 1.09 bits per heavy atom. The van der Waals surface area contributed by atoms with Gasteiger partial charge in [-0.3, -0.25) is 4.79 Å². The number of nitrogens with zero attached hydrogens (tertiary/aromatic N) is 3. The topological polar surface area (TPSA) is 125 Å². The number of hydrogen-bond donors (Lipinski definition) is 1. The lowest BCUT2D eigenvalue weighted by atomic mass is 10.1. The number of nitrogens with one attached hydrogen (secondary N) is 1. The second-order valence-corrected chi connectivity index (χ2v) is 7.52. The van der Waals surface area contributed by atoms with Crippen LogP contribution in [0, 0.1) is 0 Å². The molecule has 1 N–H and O–H groups in total. The van der Waals surface area contributed by atoms with E-state index in [1.807, 2.05) is 19.1 Å². The maximum Gasteiger partial charge on any atom is 0.435 e. The molecule has 1 aliphatic heterocycles. The van der Waals surface area contributed by atoms with Gasteiger partial charge in [0.15, 0.2) is 11.4 Å². The number of benzene rings is 1. The molecule has 1 aliphatic rings. The molecular weight excluding hydrogens is 444 g/mol. The van der Waals surface area contributed by atoms with Gasteiger partial charge < -0.3 is 28.8 Å². The van der Waals surface area contributed by atoms with E-state index in [1.165, 1.54) is 6.07 Å². The molecule has 1 fully saturated rings. The number of hydrogen-bond acceptors (Lipinski definition) is 9. The van der Waals surface area contributed by atoms with Crippen LogP contribution in [0.15, 0.2) is 34.7 Å². The number of furan rings is 1. The molecule has 2 aromatic heterocycles. The van der Waals surface area contributed by atoms with E-state index in [9.17, 15) is 14.4 Å². The van der Waals surface area contributed by atoms with Crippen LogP contribution in [0.3, 0.4) is 0 Å². The van der Waals surface area contributed by atoms with Crippen LogP contribution in [0.2, 0.25) is 0 Å². The number of aromatic nitrogens is 2. The standard InChI is InChI=1S/C23H26N4O7/c1-3-11-33-22(29)18-14-17-19(34-18)20(25-27(17)23(30)32-4-2)24-21(28)15-5-7-16(8-6-15)26-9-12-31-13-10-26/h5-8,14H,3-4,9-13H2,1-2H3,(H,24,25,28). The molecule has 0 spiro atoms. The third-order valence-corrected chi connectivity index (χ3v) is 5.17. The number of esters is 1. The number of carbonyl (C=O) groups excluding carboxylic acids is 3. The fourth-order valence-corrected chi connectivity index (χ4v) is 3.50. The molecule has 1 amide bonds. The zero-order valence-electron chi connectivity index (χ0n) is 19.0. The van der Waals surface area contributed by atoms with E-state index in [2.05, 4.69) is 15.3 Å². The van der Waals surface area contributed by atoms with Gasteiger partial charge in [0, 0.05) is 30.4 Å². The molecule has 1 aromatic carbocycles. The van der Waals surface area contributed by atoms with Gasteiger partial charge in [-0.25, -0.2) is 9.59 Å². The fourth-order valence-electron chi connectivity index (χ4n) is 3.50. The number of carbonyl (C=O) groups is 3. The van der Waals surface area contributed by atoms with Crippen LogP contribution in [0.5, 0.6) is 0 Å². The monoisotopic (exact) mass is 470 g/mol. The van der Waals surface area contributed by atoms with Crippen LogP contribution >= 0.6 is 0 Å². The van der Waals surface area contributed by atoms with Crippen molar-refractivity contribution in [2.75, 3.05) is 49.7 Å². The summed E-state index contributed by atoms with van der Waals surface area (Å²) in [7, 11) is 0. The van der Waals surface area contributed by atoms with E-state index in [0.717, 1.165) is 23.5 Å². The fraction of sp³-hybridized carbons (Fsp3) is 0.391. The Hall–Kier alpha value is -3.86. The molecule has 3 heterocycles. The number of ether oxygens (including phenoxy) is 3. The van der Waals surface area contributed by atoms with Crippen molar-refractivity contribution >= 4 is 40.6 Å². The van der Waals surface area contributed by atoms with E-state index >= 15 is 0 Å².